The lowest BCUT2D eigenvalue weighted by Crippen LogP contribution is -2.48. The Morgan fingerprint density at radius 1 is 1.00 bits per heavy atom. The van der Waals surface area contributed by atoms with E-state index in [1.807, 2.05) is 19.1 Å². The van der Waals surface area contributed by atoms with Crippen molar-refractivity contribution in [1.82, 2.24) is 3.97 Å². The van der Waals surface area contributed by atoms with Crippen LogP contribution in [0.15, 0.2) is 53.6 Å². The minimum atomic E-state index is -3.85. The molecule has 2 fully saturated rings. The summed E-state index contributed by atoms with van der Waals surface area (Å²) in [6, 6.07) is 12.1. The molecule has 7 nitrogen and oxygen atoms in total. The third kappa shape index (κ3) is 3.48. The molecule has 33 heavy (non-hydrogen) atoms. The van der Waals surface area contributed by atoms with Crippen LogP contribution in [0, 0.1) is 12.3 Å². The maximum Gasteiger partial charge on any atom is 0.268 e. The van der Waals surface area contributed by atoms with Gasteiger partial charge in [0, 0.05) is 41.3 Å². The van der Waals surface area contributed by atoms with Crippen LogP contribution >= 0.6 is 0 Å². The van der Waals surface area contributed by atoms with E-state index in [-0.39, 0.29) is 4.90 Å². The molecule has 1 saturated heterocycles. The Balaban J connectivity index is 1.48. The average Bonchev–Trinajstić information content (AvgIpc) is 3.33. The van der Waals surface area contributed by atoms with Gasteiger partial charge in [-0.05, 0) is 62.9 Å². The van der Waals surface area contributed by atoms with Crippen LogP contribution in [0.5, 0.6) is 0 Å². The van der Waals surface area contributed by atoms with E-state index in [0.717, 1.165) is 11.3 Å². The molecule has 2 heterocycles. The van der Waals surface area contributed by atoms with Crippen LogP contribution in [0.1, 0.15) is 41.6 Å². The molecule has 1 aliphatic carbocycles. The number of aryl methyl sites for hydroxylation is 1. The summed E-state index contributed by atoms with van der Waals surface area (Å²) in [6.45, 7) is 3.25. The highest BCUT2D eigenvalue weighted by atomic mass is 32.2. The summed E-state index contributed by atoms with van der Waals surface area (Å²) in [5, 5.41) is 21.5. The van der Waals surface area contributed by atoms with Gasteiger partial charge in [-0.15, -0.1) is 0 Å². The number of anilines is 1. The molecule has 1 saturated carbocycles. The number of aliphatic hydroxyl groups excluding tert-OH is 2. The van der Waals surface area contributed by atoms with Crippen LogP contribution in [-0.4, -0.2) is 54.2 Å². The van der Waals surface area contributed by atoms with Gasteiger partial charge in [0.15, 0.2) is 6.29 Å². The van der Waals surface area contributed by atoms with Gasteiger partial charge in [0.25, 0.3) is 10.0 Å². The van der Waals surface area contributed by atoms with E-state index in [2.05, 4.69) is 4.90 Å². The van der Waals surface area contributed by atoms with Gasteiger partial charge < -0.3 is 15.1 Å². The van der Waals surface area contributed by atoms with Gasteiger partial charge in [-0.1, -0.05) is 17.7 Å². The Hall–Kier alpha value is -2.68. The molecule has 1 aromatic heterocycles. The van der Waals surface area contributed by atoms with Gasteiger partial charge in [0.1, 0.15) is 0 Å². The molecule has 2 unspecified atom stereocenters. The number of aliphatic hydroxyl groups is 2. The maximum absolute atomic E-state index is 13.3. The van der Waals surface area contributed by atoms with Gasteiger partial charge >= 0.3 is 0 Å². The summed E-state index contributed by atoms with van der Waals surface area (Å²) < 4.78 is 27.7. The number of hydrogen-bond acceptors (Lipinski definition) is 6. The van der Waals surface area contributed by atoms with Crippen LogP contribution in [0.3, 0.4) is 0 Å². The molecule has 8 heteroatoms. The van der Waals surface area contributed by atoms with Crippen molar-refractivity contribution in [1.29, 1.82) is 0 Å². The fraction of sp³-hybridized carbons (Fsp3) is 0.400. The van der Waals surface area contributed by atoms with Crippen LogP contribution in [0.4, 0.5) is 5.69 Å². The highest BCUT2D eigenvalue weighted by molar-refractivity contribution is 7.90. The van der Waals surface area contributed by atoms with Crippen LogP contribution in [-0.2, 0) is 10.0 Å². The molecule has 0 amide bonds. The zero-order chi connectivity index (χ0) is 23.4. The Bertz CT molecular complexity index is 1290. The predicted octanol–water partition coefficient (Wildman–Crippen LogP) is 3.10. The number of carbonyl (C=O) groups is 1. The fourth-order valence-corrected chi connectivity index (χ4v) is 6.86. The first-order chi connectivity index (χ1) is 15.8. The van der Waals surface area contributed by atoms with E-state index in [4.69, 9.17) is 0 Å². The average molecular weight is 469 g/mol. The van der Waals surface area contributed by atoms with Crippen LogP contribution in [0.25, 0.3) is 10.9 Å². The molecular weight excluding hydrogens is 440 g/mol. The van der Waals surface area contributed by atoms with E-state index in [0.29, 0.717) is 61.5 Å². The zero-order valence-corrected chi connectivity index (χ0v) is 19.3. The van der Waals surface area contributed by atoms with Gasteiger partial charge in [-0.25, -0.2) is 12.4 Å². The molecular formula is C25H28N2O5S. The monoisotopic (exact) mass is 468 g/mol. The summed E-state index contributed by atoms with van der Waals surface area (Å²) in [5.41, 5.74) is 2.20. The Kier molecular flexibility index (Phi) is 5.34. The predicted molar refractivity (Wildman–Crippen MR) is 126 cm³/mol. The van der Waals surface area contributed by atoms with Crippen LogP contribution < -0.4 is 4.90 Å². The number of piperidine rings is 1. The number of hydrogen-bond donors (Lipinski definition) is 2. The molecule has 2 N–H and O–H groups in total. The fourth-order valence-electron chi connectivity index (χ4n) is 5.49. The maximum atomic E-state index is 13.3. The second kappa shape index (κ2) is 7.97. The summed E-state index contributed by atoms with van der Waals surface area (Å²) in [5.74, 6) is 0. The van der Waals surface area contributed by atoms with E-state index < -0.39 is 27.6 Å². The molecule has 3 aromatic rings. The largest absolute Gasteiger partial charge is 0.392 e. The van der Waals surface area contributed by atoms with E-state index in [1.54, 1.807) is 30.3 Å². The molecule has 174 valence electrons. The first-order valence-electron chi connectivity index (χ1n) is 11.3. The van der Waals surface area contributed by atoms with Crippen molar-refractivity contribution in [2.75, 3.05) is 18.0 Å². The highest BCUT2D eigenvalue weighted by Gasteiger charge is 2.50. The van der Waals surface area contributed by atoms with Crippen molar-refractivity contribution in [3.8, 4) is 0 Å². The Morgan fingerprint density at radius 3 is 2.24 bits per heavy atom. The third-order valence-electron chi connectivity index (χ3n) is 7.59. The number of aldehydes is 1. The topological polar surface area (TPSA) is 99.8 Å². The zero-order valence-electron chi connectivity index (χ0n) is 18.5. The second-order valence-corrected chi connectivity index (χ2v) is 11.2. The van der Waals surface area contributed by atoms with Crippen molar-refractivity contribution < 1.29 is 23.4 Å². The molecule has 2 atom stereocenters. The van der Waals surface area contributed by atoms with Crippen molar-refractivity contribution in [2.24, 2.45) is 5.41 Å². The van der Waals surface area contributed by atoms with Gasteiger partial charge in [0.05, 0.1) is 22.6 Å². The van der Waals surface area contributed by atoms with E-state index in [9.17, 15) is 23.4 Å². The standard InChI is InChI=1S/C25H28N2O5S/c1-17-2-5-20(6-3-17)33(31,32)27-15-18(16-28)21-14-19(4-7-22(21)27)26-12-10-25(11-13-26)23(29)8-9-24(25)30/h2-7,14-16,23-24,29-30H,8-13H2,1H3. The summed E-state index contributed by atoms with van der Waals surface area (Å²) in [4.78, 5) is 14.1. The molecule has 2 aliphatic rings. The molecule has 0 radical (unpaired) electrons. The van der Waals surface area contributed by atoms with Crippen molar-refractivity contribution >= 4 is 32.9 Å². The Labute approximate surface area is 193 Å². The third-order valence-corrected chi connectivity index (χ3v) is 9.28. The van der Waals surface area contributed by atoms with Crippen molar-refractivity contribution in [3.05, 3.63) is 59.8 Å². The number of fused-ring (bicyclic) bond motifs is 1. The van der Waals surface area contributed by atoms with Crippen molar-refractivity contribution in [3.63, 3.8) is 0 Å². The van der Waals surface area contributed by atoms with Gasteiger partial charge in [-0.2, -0.15) is 0 Å². The number of carbonyl (C=O) groups excluding carboxylic acids is 1. The number of nitrogens with zero attached hydrogens (tertiary/aromatic N) is 2. The molecule has 5 rings (SSSR count). The minimum absolute atomic E-state index is 0.168. The first-order valence-corrected chi connectivity index (χ1v) is 12.7. The van der Waals surface area contributed by atoms with Gasteiger partial charge in [0.2, 0.25) is 0 Å². The summed E-state index contributed by atoms with van der Waals surface area (Å²) >= 11 is 0. The van der Waals surface area contributed by atoms with E-state index >= 15 is 0 Å². The second-order valence-electron chi connectivity index (χ2n) is 9.35. The first kappa shape index (κ1) is 22.1. The SMILES string of the molecule is Cc1ccc(S(=O)(=O)n2cc(C=O)c3cc(N4CCC5(CC4)C(O)CCC5O)ccc32)cc1. The smallest absolute Gasteiger partial charge is 0.268 e. The lowest BCUT2D eigenvalue weighted by molar-refractivity contribution is -0.0402. The Morgan fingerprint density at radius 2 is 1.64 bits per heavy atom. The lowest BCUT2D eigenvalue weighted by atomic mass is 9.73. The molecule has 2 aromatic carbocycles. The van der Waals surface area contributed by atoms with Crippen molar-refractivity contribution in [2.45, 2.75) is 49.7 Å². The van der Waals surface area contributed by atoms with E-state index in [1.165, 1.54) is 10.2 Å². The minimum Gasteiger partial charge on any atom is -0.392 e. The lowest BCUT2D eigenvalue weighted by Gasteiger charge is -2.44. The van der Waals surface area contributed by atoms with Crippen LogP contribution in [0.2, 0.25) is 0 Å². The summed E-state index contributed by atoms with van der Waals surface area (Å²) in [6.07, 6.45) is 3.78. The number of benzene rings is 2. The molecule has 0 bridgehead atoms. The number of rotatable bonds is 4. The quantitative estimate of drug-likeness (QED) is 0.571. The highest BCUT2D eigenvalue weighted by Crippen LogP contribution is 2.47. The van der Waals surface area contributed by atoms with Gasteiger partial charge in [-0.3, -0.25) is 4.79 Å². The number of aromatic nitrogens is 1. The normalized spacial score (nSPS) is 22.8. The molecule has 1 spiro atoms. The molecule has 1 aliphatic heterocycles. The summed E-state index contributed by atoms with van der Waals surface area (Å²) in [7, 11) is -3.85.